The molecule has 0 radical (unpaired) electrons. The Labute approximate surface area is 132 Å². The minimum atomic E-state index is -0.204. The molecule has 0 saturated carbocycles. The van der Waals surface area contributed by atoms with Gasteiger partial charge >= 0.3 is 0 Å². The molecule has 1 fully saturated rings. The number of nitrogens with one attached hydrogen (secondary N) is 2. The fraction of sp³-hybridized carbons (Fsp3) is 0.588. The number of amides is 1. The van der Waals surface area contributed by atoms with Crippen LogP contribution in [0.1, 0.15) is 25.3 Å². The highest BCUT2D eigenvalue weighted by atomic mass is 19.1. The SMILES string of the molecule is CNC(C)CNC(=O)C1CCCN(Cc2cccc(F)c2)C1. The number of likely N-dealkylation sites (N-methyl/N-ethyl adjacent to an activating group) is 1. The number of hydrogen-bond donors (Lipinski definition) is 2. The van der Waals surface area contributed by atoms with E-state index >= 15 is 0 Å². The maximum absolute atomic E-state index is 13.2. The molecule has 1 heterocycles. The van der Waals surface area contributed by atoms with Crippen molar-refractivity contribution in [3.63, 3.8) is 0 Å². The van der Waals surface area contributed by atoms with E-state index in [1.807, 2.05) is 20.0 Å². The van der Waals surface area contributed by atoms with Crippen molar-refractivity contribution in [2.45, 2.75) is 32.4 Å². The maximum Gasteiger partial charge on any atom is 0.224 e. The number of rotatable bonds is 6. The third kappa shape index (κ3) is 5.07. The summed E-state index contributed by atoms with van der Waals surface area (Å²) in [6, 6.07) is 6.96. The molecule has 2 rings (SSSR count). The lowest BCUT2D eigenvalue weighted by atomic mass is 9.96. The summed E-state index contributed by atoms with van der Waals surface area (Å²) in [6.45, 7) is 5.10. The highest BCUT2D eigenvalue weighted by Gasteiger charge is 2.25. The van der Waals surface area contributed by atoms with E-state index in [0.717, 1.165) is 31.5 Å². The first-order valence-corrected chi connectivity index (χ1v) is 8.00. The Balaban J connectivity index is 1.84. The molecule has 0 spiro atoms. The molecule has 1 saturated heterocycles. The van der Waals surface area contributed by atoms with E-state index in [0.29, 0.717) is 13.1 Å². The van der Waals surface area contributed by atoms with Crippen molar-refractivity contribution in [3.8, 4) is 0 Å². The first-order valence-electron chi connectivity index (χ1n) is 8.00. The van der Waals surface area contributed by atoms with Crippen molar-refractivity contribution in [3.05, 3.63) is 35.6 Å². The second-order valence-electron chi connectivity index (χ2n) is 6.14. The highest BCUT2D eigenvalue weighted by Crippen LogP contribution is 2.19. The van der Waals surface area contributed by atoms with Crippen LogP contribution >= 0.6 is 0 Å². The van der Waals surface area contributed by atoms with E-state index < -0.39 is 0 Å². The van der Waals surface area contributed by atoms with Gasteiger partial charge in [-0.25, -0.2) is 4.39 Å². The number of piperidine rings is 1. The minimum absolute atomic E-state index is 0.0337. The van der Waals surface area contributed by atoms with Gasteiger partial charge in [-0.2, -0.15) is 0 Å². The summed E-state index contributed by atoms with van der Waals surface area (Å²) >= 11 is 0. The molecule has 22 heavy (non-hydrogen) atoms. The third-order valence-corrected chi connectivity index (χ3v) is 4.25. The van der Waals surface area contributed by atoms with Crippen LogP contribution < -0.4 is 10.6 Å². The smallest absolute Gasteiger partial charge is 0.224 e. The molecule has 1 aromatic rings. The number of carbonyl (C=O) groups is 1. The van der Waals surface area contributed by atoms with E-state index in [2.05, 4.69) is 15.5 Å². The topological polar surface area (TPSA) is 44.4 Å². The van der Waals surface area contributed by atoms with Crippen LogP contribution in [0.5, 0.6) is 0 Å². The molecule has 1 amide bonds. The molecule has 0 aliphatic carbocycles. The molecule has 2 atom stereocenters. The molecule has 4 nitrogen and oxygen atoms in total. The zero-order valence-electron chi connectivity index (χ0n) is 13.4. The molecule has 0 bridgehead atoms. The van der Waals surface area contributed by atoms with Crippen LogP contribution in [0.4, 0.5) is 4.39 Å². The summed E-state index contributed by atoms with van der Waals surface area (Å²) in [5, 5.41) is 6.12. The van der Waals surface area contributed by atoms with Crippen molar-refractivity contribution in [1.82, 2.24) is 15.5 Å². The average molecular weight is 307 g/mol. The largest absolute Gasteiger partial charge is 0.354 e. The molecule has 5 heteroatoms. The first-order chi connectivity index (χ1) is 10.6. The molecule has 122 valence electrons. The van der Waals surface area contributed by atoms with Gasteiger partial charge in [0.15, 0.2) is 0 Å². The van der Waals surface area contributed by atoms with Crippen molar-refractivity contribution >= 4 is 5.91 Å². The lowest BCUT2D eigenvalue weighted by Gasteiger charge is -2.32. The Hall–Kier alpha value is -1.46. The lowest BCUT2D eigenvalue weighted by molar-refractivity contribution is -0.126. The molecule has 0 aromatic heterocycles. The van der Waals surface area contributed by atoms with Gasteiger partial charge in [-0.05, 0) is 51.1 Å². The van der Waals surface area contributed by atoms with Gasteiger partial charge < -0.3 is 10.6 Å². The Bertz CT molecular complexity index is 495. The summed E-state index contributed by atoms with van der Waals surface area (Å²) in [6.07, 6.45) is 1.94. The highest BCUT2D eigenvalue weighted by molar-refractivity contribution is 5.79. The van der Waals surface area contributed by atoms with Gasteiger partial charge in [0, 0.05) is 25.7 Å². The maximum atomic E-state index is 13.2. The van der Waals surface area contributed by atoms with Crippen LogP contribution in [0.15, 0.2) is 24.3 Å². The Morgan fingerprint density at radius 2 is 2.32 bits per heavy atom. The standard InChI is InChI=1S/C17H26FN3O/c1-13(19-2)10-20-17(22)15-6-4-8-21(12-15)11-14-5-3-7-16(18)9-14/h3,5,7,9,13,15,19H,4,6,8,10-12H2,1-2H3,(H,20,22). The molecule has 1 aromatic carbocycles. The summed E-state index contributed by atoms with van der Waals surface area (Å²) in [5.74, 6) is -0.0396. The monoisotopic (exact) mass is 307 g/mol. The number of likely N-dealkylation sites (tertiary alicyclic amines) is 1. The average Bonchev–Trinajstić information content (AvgIpc) is 2.52. The van der Waals surface area contributed by atoms with Gasteiger partial charge in [-0.3, -0.25) is 9.69 Å². The van der Waals surface area contributed by atoms with Crippen molar-refractivity contribution in [2.75, 3.05) is 26.7 Å². The number of hydrogen-bond acceptors (Lipinski definition) is 3. The van der Waals surface area contributed by atoms with Gasteiger partial charge in [0.05, 0.1) is 5.92 Å². The van der Waals surface area contributed by atoms with Crippen molar-refractivity contribution < 1.29 is 9.18 Å². The van der Waals surface area contributed by atoms with Gasteiger partial charge in [-0.1, -0.05) is 12.1 Å². The van der Waals surface area contributed by atoms with E-state index in [-0.39, 0.29) is 23.7 Å². The predicted molar refractivity (Wildman–Crippen MR) is 85.9 cm³/mol. The number of halogens is 1. The van der Waals surface area contributed by atoms with Gasteiger partial charge in [0.25, 0.3) is 0 Å². The van der Waals surface area contributed by atoms with Crippen molar-refractivity contribution in [2.24, 2.45) is 5.92 Å². The second-order valence-corrected chi connectivity index (χ2v) is 6.14. The summed E-state index contributed by atoms with van der Waals surface area (Å²) in [4.78, 5) is 14.5. The Kier molecular flexibility index (Phi) is 6.34. The van der Waals surface area contributed by atoms with E-state index in [4.69, 9.17) is 0 Å². The number of benzene rings is 1. The van der Waals surface area contributed by atoms with Crippen LogP contribution in [0, 0.1) is 11.7 Å². The quantitative estimate of drug-likeness (QED) is 0.842. The molecule has 2 N–H and O–H groups in total. The predicted octanol–water partition coefficient (Wildman–Crippen LogP) is 1.76. The van der Waals surface area contributed by atoms with Crippen LogP contribution in [0.2, 0.25) is 0 Å². The lowest BCUT2D eigenvalue weighted by Crippen LogP contribution is -2.45. The summed E-state index contributed by atoms with van der Waals surface area (Å²) < 4.78 is 13.2. The first kappa shape index (κ1) is 16.9. The fourth-order valence-corrected chi connectivity index (χ4v) is 2.81. The third-order valence-electron chi connectivity index (χ3n) is 4.25. The fourth-order valence-electron chi connectivity index (χ4n) is 2.81. The van der Waals surface area contributed by atoms with E-state index in [1.54, 1.807) is 12.1 Å². The molecule has 2 unspecified atom stereocenters. The molecule has 1 aliphatic rings. The Morgan fingerprint density at radius 1 is 1.50 bits per heavy atom. The Morgan fingerprint density at radius 3 is 3.05 bits per heavy atom. The van der Waals surface area contributed by atoms with Crippen molar-refractivity contribution in [1.29, 1.82) is 0 Å². The van der Waals surface area contributed by atoms with Crippen LogP contribution in [0.3, 0.4) is 0 Å². The van der Waals surface area contributed by atoms with Crippen LogP contribution in [0.25, 0.3) is 0 Å². The van der Waals surface area contributed by atoms with Gasteiger partial charge in [0.1, 0.15) is 5.82 Å². The zero-order chi connectivity index (χ0) is 15.9. The van der Waals surface area contributed by atoms with Crippen LogP contribution in [-0.4, -0.2) is 43.5 Å². The summed E-state index contributed by atoms with van der Waals surface area (Å²) in [5.41, 5.74) is 0.963. The summed E-state index contributed by atoms with van der Waals surface area (Å²) in [7, 11) is 1.89. The molecule has 1 aliphatic heterocycles. The molecular formula is C17H26FN3O. The number of nitrogens with zero attached hydrogens (tertiary/aromatic N) is 1. The number of carbonyl (C=O) groups excluding carboxylic acids is 1. The van der Waals surface area contributed by atoms with Gasteiger partial charge in [0.2, 0.25) is 5.91 Å². The zero-order valence-corrected chi connectivity index (χ0v) is 13.4. The van der Waals surface area contributed by atoms with E-state index in [1.165, 1.54) is 6.07 Å². The van der Waals surface area contributed by atoms with E-state index in [9.17, 15) is 9.18 Å². The van der Waals surface area contributed by atoms with Gasteiger partial charge in [-0.15, -0.1) is 0 Å². The minimum Gasteiger partial charge on any atom is -0.354 e. The molecular weight excluding hydrogens is 281 g/mol. The van der Waals surface area contributed by atoms with Crippen LogP contribution in [-0.2, 0) is 11.3 Å². The normalized spacial score (nSPS) is 20.6. The second kappa shape index (κ2) is 8.25.